The van der Waals surface area contributed by atoms with Gasteiger partial charge in [-0.25, -0.2) is 0 Å². The molecular weight excluding hydrogens is 104 g/mol. The zero-order valence-corrected chi connectivity index (χ0v) is 6.45. The Morgan fingerprint density at radius 1 is 1.29 bits per heavy atom. The molecule has 0 aromatic rings. The maximum absolute atomic E-state index is 8.87. The van der Waals surface area contributed by atoms with E-state index in [4.69, 9.17) is 5.11 Å². The van der Waals surface area contributed by atoms with Crippen molar-refractivity contribution in [1.82, 2.24) is 0 Å². The Kier molecular flexibility index (Phi) is 2.02. The minimum absolute atomic E-state index is 0.632. The van der Waals surface area contributed by atoms with Gasteiger partial charge in [-0.2, -0.15) is 0 Å². The van der Waals surface area contributed by atoms with Gasteiger partial charge in [-0.1, -0.05) is 19.6 Å². The van der Waals surface area contributed by atoms with Crippen molar-refractivity contribution in [3.05, 3.63) is 5.73 Å². The van der Waals surface area contributed by atoms with Gasteiger partial charge in [-0.15, -0.1) is 0 Å². The monoisotopic (exact) mass is 117 g/mol. The Morgan fingerprint density at radius 2 is 1.43 bits per heavy atom. The van der Waals surface area contributed by atoms with Crippen LogP contribution >= 0.6 is 0 Å². The predicted octanol–water partition coefficient (Wildman–Crippen LogP) is 1.79. The first-order valence-electron chi connectivity index (χ1n) is 2.47. The summed E-state index contributed by atoms with van der Waals surface area (Å²) < 4.78 is 0. The predicted molar refractivity (Wildman–Crippen MR) is 34.2 cm³/mol. The zero-order valence-electron chi connectivity index (χ0n) is 5.45. The Balaban J connectivity index is 3.54. The van der Waals surface area contributed by atoms with Crippen LogP contribution in [0.3, 0.4) is 0 Å². The molecule has 7 heavy (non-hydrogen) atoms. The molecule has 1 radical (unpaired) electrons. The van der Waals surface area contributed by atoms with Crippen molar-refractivity contribution in [2.45, 2.75) is 26.6 Å². The van der Waals surface area contributed by atoms with Gasteiger partial charge in [0.1, 0.15) is 0 Å². The zero-order chi connectivity index (χ0) is 6.08. The molecule has 0 spiro atoms. The van der Waals surface area contributed by atoms with Gasteiger partial charge in [0.25, 0.3) is 0 Å². The topological polar surface area (TPSA) is 20.2 Å². The minimum Gasteiger partial charge on any atom is -0.391 e. The highest BCUT2D eigenvalue weighted by atomic mass is 28.3. The van der Waals surface area contributed by atoms with Gasteiger partial charge >= 0.3 is 0 Å². The number of aliphatic hydroxyl groups excluding tert-OH is 1. The van der Waals surface area contributed by atoms with Crippen LogP contribution in [0.15, 0.2) is 0 Å². The maximum atomic E-state index is 8.87. The van der Waals surface area contributed by atoms with Crippen LogP contribution in [0.4, 0.5) is 0 Å². The van der Waals surface area contributed by atoms with Gasteiger partial charge in [0.2, 0.25) is 0 Å². The lowest BCUT2D eigenvalue weighted by Gasteiger charge is -2.17. The van der Waals surface area contributed by atoms with Crippen LogP contribution in [0, 0.1) is 5.73 Å². The van der Waals surface area contributed by atoms with Crippen LogP contribution in [-0.2, 0) is 0 Å². The van der Waals surface area contributed by atoms with E-state index in [-0.39, 0.29) is 0 Å². The summed E-state index contributed by atoms with van der Waals surface area (Å²) in [5, 5.41) is 8.87. The smallest absolute Gasteiger partial charge is 0.0850 e. The molecule has 0 aromatic carbocycles. The average molecular weight is 117 g/mol. The van der Waals surface area contributed by atoms with Crippen LogP contribution in [0.5, 0.6) is 0 Å². The molecule has 0 unspecified atom stereocenters. The van der Waals surface area contributed by atoms with Crippen molar-refractivity contribution in [2.75, 3.05) is 0 Å². The first-order valence-corrected chi connectivity index (χ1v) is 5.97. The summed E-state index contributed by atoms with van der Waals surface area (Å²) in [6.07, 6.45) is 0. The number of hydrogen-bond acceptors (Lipinski definition) is 1. The molecule has 0 saturated carbocycles. The first-order chi connectivity index (χ1) is 2.94. The van der Waals surface area contributed by atoms with E-state index in [9.17, 15) is 0 Å². The summed E-state index contributed by atoms with van der Waals surface area (Å²) in [5.74, 6) is 0. The second-order valence-corrected chi connectivity index (χ2v) is 8.06. The van der Waals surface area contributed by atoms with Gasteiger partial charge < -0.3 is 5.11 Å². The van der Waals surface area contributed by atoms with E-state index >= 15 is 0 Å². The molecule has 0 amide bonds. The Hall–Kier alpha value is 0.177. The molecule has 0 aliphatic carbocycles. The number of rotatable bonds is 1. The van der Waals surface area contributed by atoms with Crippen molar-refractivity contribution >= 4 is 8.07 Å². The fourth-order valence-electron chi connectivity index (χ4n) is 0. The normalized spacial score (nSPS) is 12.9. The highest BCUT2D eigenvalue weighted by molar-refractivity contribution is 6.80. The average Bonchev–Trinajstić information content (AvgIpc) is 1.31. The standard InChI is InChI=1S/C5H13OSi/c1-5(6)7(2,3)4/h6H,1-4H3. The first kappa shape index (κ1) is 7.18. The van der Waals surface area contributed by atoms with E-state index in [1.54, 1.807) is 6.92 Å². The molecule has 0 aliphatic heterocycles. The molecule has 0 heterocycles. The van der Waals surface area contributed by atoms with Crippen molar-refractivity contribution < 1.29 is 5.11 Å². The summed E-state index contributed by atoms with van der Waals surface area (Å²) in [5.41, 5.74) is 0.632. The largest absolute Gasteiger partial charge is 0.391 e. The highest BCUT2D eigenvalue weighted by Gasteiger charge is 2.20. The summed E-state index contributed by atoms with van der Waals surface area (Å²) in [6, 6.07) is 0. The third kappa shape index (κ3) is 2.82. The van der Waals surface area contributed by atoms with E-state index in [1.807, 2.05) is 0 Å². The Morgan fingerprint density at radius 3 is 1.43 bits per heavy atom. The third-order valence-electron chi connectivity index (χ3n) is 1.09. The van der Waals surface area contributed by atoms with Crippen molar-refractivity contribution in [3.63, 3.8) is 0 Å². The van der Waals surface area contributed by atoms with Crippen LogP contribution in [0.25, 0.3) is 0 Å². The van der Waals surface area contributed by atoms with Crippen molar-refractivity contribution in [1.29, 1.82) is 0 Å². The molecule has 1 nitrogen and oxygen atoms in total. The van der Waals surface area contributed by atoms with Gasteiger partial charge in [0.15, 0.2) is 0 Å². The fourth-order valence-corrected chi connectivity index (χ4v) is 0. The summed E-state index contributed by atoms with van der Waals surface area (Å²) >= 11 is 0. The Labute approximate surface area is 46.4 Å². The molecule has 0 bridgehead atoms. The molecular formula is C5H13OSi. The lowest BCUT2D eigenvalue weighted by molar-refractivity contribution is 0.363. The molecule has 2 heteroatoms. The van der Waals surface area contributed by atoms with Gasteiger partial charge in [0, 0.05) is 0 Å². The van der Waals surface area contributed by atoms with E-state index in [0.29, 0.717) is 5.73 Å². The lowest BCUT2D eigenvalue weighted by Crippen LogP contribution is -2.28. The van der Waals surface area contributed by atoms with Crippen molar-refractivity contribution in [2.24, 2.45) is 0 Å². The van der Waals surface area contributed by atoms with Crippen LogP contribution < -0.4 is 0 Å². The number of hydrogen-bond donors (Lipinski definition) is 1. The van der Waals surface area contributed by atoms with E-state index in [1.165, 1.54) is 0 Å². The lowest BCUT2D eigenvalue weighted by atomic mass is 10.9. The minimum atomic E-state index is -1.26. The summed E-state index contributed by atoms with van der Waals surface area (Å²) in [4.78, 5) is 0. The molecule has 0 saturated heterocycles. The summed E-state index contributed by atoms with van der Waals surface area (Å²) in [6.45, 7) is 8.12. The SMILES string of the molecule is C[C](O)[Si](C)(C)C. The molecule has 0 atom stereocenters. The Bertz CT molecular complexity index is 53.6. The van der Waals surface area contributed by atoms with Crippen LogP contribution in [0.1, 0.15) is 6.92 Å². The molecule has 43 valence electrons. The van der Waals surface area contributed by atoms with Gasteiger partial charge in [0.05, 0.1) is 13.8 Å². The van der Waals surface area contributed by atoms with Crippen LogP contribution in [0.2, 0.25) is 19.6 Å². The summed E-state index contributed by atoms with van der Waals surface area (Å²) in [7, 11) is -1.26. The van der Waals surface area contributed by atoms with E-state index < -0.39 is 8.07 Å². The quantitative estimate of drug-likeness (QED) is 0.519. The van der Waals surface area contributed by atoms with E-state index in [2.05, 4.69) is 19.6 Å². The second kappa shape index (κ2) is 1.97. The molecule has 0 rings (SSSR count). The third-order valence-corrected chi connectivity index (χ3v) is 3.26. The number of aliphatic hydroxyl groups is 1. The molecule has 0 aliphatic rings. The molecule has 0 aromatic heterocycles. The van der Waals surface area contributed by atoms with Crippen LogP contribution in [-0.4, -0.2) is 13.2 Å². The van der Waals surface area contributed by atoms with Crippen molar-refractivity contribution in [3.8, 4) is 0 Å². The molecule has 0 fully saturated rings. The fraction of sp³-hybridized carbons (Fsp3) is 0.800. The highest BCUT2D eigenvalue weighted by Crippen LogP contribution is 2.11. The maximum Gasteiger partial charge on any atom is 0.0850 e. The molecule has 1 N–H and O–H groups in total. The van der Waals surface area contributed by atoms with Gasteiger partial charge in [-0.05, 0) is 6.92 Å². The van der Waals surface area contributed by atoms with E-state index in [0.717, 1.165) is 0 Å². The van der Waals surface area contributed by atoms with Gasteiger partial charge in [-0.3, -0.25) is 0 Å². The second-order valence-electron chi connectivity index (χ2n) is 2.84.